The van der Waals surface area contributed by atoms with Crippen LogP contribution in [0.25, 0.3) is 0 Å². The average molecular weight is 565 g/mol. The van der Waals surface area contributed by atoms with E-state index in [-0.39, 0.29) is 22.8 Å². The standard InChI is InChI=1S/C25H36N6O7S/c1-6-8-21-26-16(3)22-24(33)27-23(31(30(21)22)38-25(34)17(4)32)19-15-18(9-10-20(19)37-7-2)39(35,36)29-13-11-28(5)12-14-29/h9-10,15,17,23,32H,6-8,11-14H2,1-5H3,(H,27,33). The van der Waals surface area contributed by atoms with Crippen molar-refractivity contribution in [3.8, 4) is 5.75 Å². The lowest BCUT2D eigenvalue weighted by Gasteiger charge is -2.38. The number of nitrogens with zero attached hydrogens (tertiary/aromatic N) is 5. The smallest absolute Gasteiger partial charge is 0.362 e. The maximum atomic E-state index is 13.6. The Hall–Kier alpha value is -3.20. The highest BCUT2D eigenvalue weighted by atomic mass is 32.2. The van der Waals surface area contributed by atoms with Gasteiger partial charge in [-0.15, -0.1) is 5.17 Å². The normalized spacial score (nSPS) is 19.4. The summed E-state index contributed by atoms with van der Waals surface area (Å²) in [5, 5.41) is 13.9. The molecule has 1 aromatic carbocycles. The number of nitrogens with one attached hydrogen (secondary N) is 1. The van der Waals surface area contributed by atoms with E-state index in [9.17, 15) is 23.1 Å². The number of carbonyl (C=O) groups is 2. The highest BCUT2D eigenvalue weighted by molar-refractivity contribution is 7.89. The quantitative estimate of drug-likeness (QED) is 0.446. The van der Waals surface area contributed by atoms with Gasteiger partial charge in [-0.1, -0.05) is 6.92 Å². The number of piperazine rings is 1. The molecule has 4 rings (SSSR count). The number of aliphatic hydroxyl groups is 1. The van der Waals surface area contributed by atoms with Crippen molar-refractivity contribution in [3.05, 3.63) is 41.0 Å². The second-order valence-electron chi connectivity index (χ2n) is 9.63. The van der Waals surface area contributed by atoms with Crippen molar-refractivity contribution >= 4 is 21.9 Å². The Morgan fingerprint density at radius 2 is 1.92 bits per heavy atom. The molecule has 0 aliphatic carbocycles. The maximum Gasteiger partial charge on any atom is 0.362 e. The molecular formula is C25H36N6O7S. The summed E-state index contributed by atoms with van der Waals surface area (Å²) in [7, 11) is -1.93. The van der Waals surface area contributed by atoms with E-state index in [1.54, 1.807) is 13.8 Å². The number of hydrogen-bond acceptors (Lipinski definition) is 10. The number of rotatable bonds is 9. The summed E-state index contributed by atoms with van der Waals surface area (Å²) in [6, 6.07) is 4.43. The fraction of sp³-hybridized carbons (Fsp3) is 0.560. The summed E-state index contributed by atoms with van der Waals surface area (Å²) in [5.41, 5.74) is 0.870. The number of amides is 1. The molecule has 2 atom stereocenters. The number of likely N-dealkylation sites (N-methyl/N-ethyl adjacent to an activating group) is 1. The first-order valence-electron chi connectivity index (χ1n) is 13.0. The third-order valence-electron chi connectivity index (χ3n) is 6.67. The number of imidazole rings is 1. The molecule has 14 heteroatoms. The highest BCUT2D eigenvalue weighted by Crippen LogP contribution is 2.35. The van der Waals surface area contributed by atoms with Crippen molar-refractivity contribution in [2.24, 2.45) is 0 Å². The number of aliphatic hydroxyl groups excluding tert-OH is 1. The number of ether oxygens (including phenoxy) is 1. The molecule has 3 heterocycles. The molecular weight excluding hydrogens is 528 g/mol. The van der Waals surface area contributed by atoms with Crippen LogP contribution in [0.5, 0.6) is 5.75 Å². The number of aromatic nitrogens is 2. The van der Waals surface area contributed by atoms with Crippen LogP contribution in [0.4, 0.5) is 0 Å². The molecule has 2 N–H and O–H groups in total. The molecule has 2 aliphatic rings. The molecule has 39 heavy (non-hydrogen) atoms. The number of benzene rings is 1. The van der Waals surface area contributed by atoms with Gasteiger partial charge in [-0.05, 0) is 52.4 Å². The summed E-state index contributed by atoms with van der Waals surface area (Å²) >= 11 is 0. The van der Waals surface area contributed by atoms with E-state index in [1.807, 2.05) is 14.0 Å². The van der Waals surface area contributed by atoms with Crippen molar-refractivity contribution in [3.63, 3.8) is 0 Å². The average Bonchev–Trinajstić information content (AvgIpc) is 3.22. The zero-order chi connectivity index (χ0) is 28.5. The molecule has 1 amide bonds. The Labute approximate surface area is 228 Å². The van der Waals surface area contributed by atoms with Gasteiger partial charge < -0.3 is 24.9 Å². The molecule has 0 saturated carbocycles. The van der Waals surface area contributed by atoms with Crippen LogP contribution in [0.3, 0.4) is 0 Å². The van der Waals surface area contributed by atoms with Gasteiger partial charge >= 0.3 is 5.97 Å². The van der Waals surface area contributed by atoms with Gasteiger partial charge in [-0.2, -0.15) is 4.31 Å². The van der Waals surface area contributed by atoms with Crippen molar-refractivity contribution in [1.29, 1.82) is 0 Å². The zero-order valence-corrected chi connectivity index (χ0v) is 23.7. The summed E-state index contributed by atoms with van der Waals surface area (Å²) in [5.74, 6) is -0.667. The van der Waals surface area contributed by atoms with E-state index in [0.29, 0.717) is 56.3 Å². The molecule has 0 spiro atoms. The number of fused-ring (bicyclic) bond motifs is 1. The monoisotopic (exact) mass is 564 g/mol. The van der Waals surface area contributed by atoms with Gasteiger partial charge in [0.15, 0.2) is 18.0 Å². The first kappa shape index (κ1) is 28.8. The minimum atomic E-state index is -3.87. The highest BCUT2D eigenvalue weighted by Gasteiger charge is 2.41. The summed E-state index contributed by atoms with van der Waals surface area (Å²) < 4.78 is 35.8. The van der Waals surface area contributed by atoms with Crippen LogP contribution in [0, 0.1) is 6.92 Å². The molecule has 214 valence electrons. The maximum absolute atomic E-state index is 13.6. The Morgan fingerprint density at radius 3 is 2.54 bits per heavy atom. The predicted octanol–water partition coefficient (Wildman–Crippen LogP) is 0.698. The fourth-order valence-electron chi connectivity index (χ4n) is 4.62. The van der Waals surface area contributed by atoms with Crippen LogP contribution in [0.2, 0.25) is 0 Å². The minimum absolute atomic E-state index is 0.0166. The lowest BCUT2D eigenvalue weighted by atomic mass is 10.1. The topological polar surface area (TPSA) is 147 Å². The zero-order valence-electron chi connectivity index (χ0n) is 22.9. The van der Waals surface area contributed by atoms with Gasteiger partial charge in [0.25, 0.3) is 5.91 Å². The fourth-order valence-corrected chi connectivity index (χ4v) is 6.08. The summed E-state index contributed by atoms with van der Waals surface area (Å²) in [6.45, 7) is 8.83. The van der Waals surface area contributed by atoms with E-state index in [4.69, 9.17) is 9.57 Å². The number of hydroxylamine groups is 1. The second kappa shape index (κ2) is 11.5. The second-order valence-corrected chi connectivity index (χ2v) is 11.6. The molecule has 1 fully saturated rings. The van der Waals surface area contributed by atoms with Gasteiger partial charge in [-0.25, -0.2) is 22.9 Å². The predicted molar refractivity (Wildman–Crippen MR) is 141 cm³/mol. The lowest BCUT2D eigenvalue weighted by molar-refractivity contribution is -0.160. The van der Waals surface area contributed by atoms with E-state index in [0.717, 1.165) is 5.17 Å². The van der Waals surface area contributed by atoms with Gasteiger partial charge in [0.2, 0.25) is 10.0 Å². The molecule has 0 bridgehead atoms. The molecule has 1 saturated heterocycles. The summed E-state index contributed by atoms with van der Waals surface area (Å²) in [4.78, 5) is 38.2. The first-order valence-corrected chi connectivity index (χ1v) is 14.5. The van der Waals surface area contributed by atoms with Crippen LogP contribution in [-0.4, -0.2) is 90.2 Å². The minimum Gasteiger partial charge on any atom is -0.493 e. The molecule has 1 aromatic heterocycles. The van der Waals surface area contributed by atoms with E-state index in [2.05, 4.69) is 15.2 Å². The molecule has 0 radical (unpaired) electrons. The number of carbonyl (C=O) groups excluding carboxylic acids is 2. The van der Waals surface area contributed by atoms with Crippen LogP contribution in [-0.2, 0) is 26.1 Å². The molecule has 2 unspecified atom stereocenters. The van der Waals surface area contributed by atoms with E-state index >= 15 is 0 Å². The Balaban J connectivity index is 1.86. The number of hydrogen-bond donors (Lipinski definition) is 2. The Kier molecular flexibility index (Phi) is 8.49. The van der Waals surface area contributed by atoms with Gasteiger partial charge in [0.05, 0.1) is 17.2 Å². The number of aryl methyl sites for hydroxylation is 2. The van der Waals surface area contributed by atoms with Crippen LogP contribution in [0.1, 0.15) is 60.9 Å². The van der Waals surface area contributed by atoms with Gasteiger partial charge in [0, 0.05) is 38.2 Å². The van der Waals surface area contributed by atoms with Crippen LogP contribution in [0.15, 0.2) is 23.1 Å². The third kappa shape index (κ3) is 5.60. The van der Waals surface area contributed by atoms with Crippen molar-refractivity contribution in [2.45, 2.75) is 57.7 Å². The van der Waals surface area contributed by atoms with Gasteiger partial charge in [0.1, 0.15) is 11.6 Å². The van der Waals surface area contributed by atoms with Crippen molar-refractivity contribution in [2.75, 3.05) is 45.0 Å². The summed E-state index contributed by atoms with van der Waals surface area (Å²) in [6.07, 6.45) is -1.47. The SMILES string of the molecule is CCCc1nc(C)c2n1N(OC(=O)C(C)O)C(c1cc(S(=O)(=O)N3CCN(C)CC3)ccc1OCC)NC2=O. The van der Waals surface area contributed by atoms with Crippen molar-refractivity contribution in [1.82, 2.24) is 24.2 Å². The first-order chi connectivity index (χ1) is 18.5. The largest absolute Gasteiger partial charge is 0.493 e. The molecule has 2 aliphatic heterocycles. The van der Waals surface area contributed by atoms with E-state index in [1.165, 1.54) is 34.1 Å². The molecule has 2 aromatic rings. The molecule has 13 nitrogen and oxygen atoms in total. The van der Waals surface area contributed by atoms with Gasteiger partial charge in [-0.3, -0.25) is 4.79 Å². The van der Waals surface area contributed by atoms with Crippen molar-refractivity contribution < 1.29 is 32.7 Å². The Morgan fingerprint density at radius 1 is 1.23 bits per heavy atom. The third-order valence-corrected chi connectivity index (χ3v) is 8.57. The number of sulfonamides is 1. The Bertz CT molecular complexity index is 1330. The van der Waals surface area contributed by atoms with E-state index < -0.39 is 34.2 Å². The van der Waals surface area contributed by atoms with Crippen LogP contribution < -0.4 is 15.2 Å². The lowest BCUT2D eigenvalue weighted by Crippen LogP contribution is -2.55. The van der Waals surface area contributed by atoms with Crippen LogP contribution >= 0.6 is 0 Å².